The van der Waals surface area contributed by atoms with Crippen LogP contribution in [0.3, 0.4) is 0 Å². The van der Waals surface area contributed by atoms with E-state index in [9.17, 15) is 0 Å². The Bertz CT molecular complexity index is 667. The lowest BCUT2D eigenvalue weighted by atomic mass is 9.68. The molecule has 0 N–H and O–H groups in total. The molecule has 3 atom stereocenters. The summed E-state index contributed by atoms with van der Waals surface area (Å²) in [6.45, 7) is 0. The van der Waals surface area contributed by atoms with Gasteiger partial charge in [-0.25, -0.2) is 0 Å². The second-order valence-corrected chi connectivity index (χ2v) is 5.77. The van der Waals surface area contributed by atoms with E-state index in [4.69, 9.17) is 0 Å². The highest BCUT2D eigenvalue weighted by molar-refractivity contribution is 5.58. The summed E-state index contributed by atoms with van der Waals surface area (Å²) in [4.78, 5) is 0. The van der Waals surface area contributed by atoms with E-state index in [2.05, 4.69) is 78.9 Å². The first kappa shape index (κ1) is 11.7. The lowest BCUT2D eigenvalue weighted by Crippen LogP contribution is -2.24. The highest BCUT2D eigenvalue weighted by atomic mass is 14.4. The highest BCUT2D eigenvalue weighted by Gasteiger charge is 2.32. The van der Waals surface area contributed by atoms with E-state index in [0.29, 0.717) is 17.8 Å². The predicted octanol–water partition coefficient (Wildman–Crippen LogP) is 5.04. The van der Waals surface area contributed by atoms with Crippen LogP contribution in [0.15, 0.2) is 78.4 Å². The van der Waals surface area contributed by atoms with Crippen molar-refractivity contribution in [1.82, 2.24) is 0 Å². The van der Waals surface area contributed by atoms with Crippen LogP contribution in [-0.2, 0) is 0 Å². The highest BCUT2D eigenvalue weighted by Crippen LogP contribution is 2.44. The van der Waals surface area contributed by atoms with Crippen LogP contribution in [0.2, 0.25) is 0 Å². The Kier molecular flexibility index (Phi) is 2.81. The van der Waals surface area contributed by atoms with Gasteiger partial charge in [0.1, 0.15) is 0 Å². The van der Waals surface area contributed by atoms with E-state index < -0.39 is 0 Å². The molecule has 0 aromatic heterocycles. The van der Waals surface area contributed by atoms with Crippen molar-refractivity contribution in [3.8, 4) is 0 Å². The van der Waals surface area contributed by atoms with Gasteiger partial charge in [0, 0.05) is 5.92 Å². The van der Waals surface area contributed by atoms with Crippen molar-refractivity contribution in [3.05, 3.63) is 89.6 Å². The SMILES string of the molecule is C1=CC2=CC=CC(C3CC=Cc4ccccc43)C2C=C1. The summed E-state index contributed by atoms with van der Waals surface area (Å²) >= 11 is 0. The van der Waals surface area contributed by atoms with Crippen LogP contribution < -0.4 is 0 Å². The Hall–Kier alpha value is -2.08. The molecule has 4 rings (SSSR count). The van der Waals surface area contributed by atoms with Gasteiger partial charge in [-0.05, 0) is 35.0 Å². The van der Waals surface area contributed by atoms with E-state index in [1.54, 1.807) is 0 Å². The number of allylic oxidation sites excluding steroid dienone is 9. The first-order valence-corrected chi connectivity index (χ1v) is 7.42. The minimum Gasteiger partial charge on any atom is -0.0833 e. The van der Waals surface area contributed by atoms with Crippen molar-refractivity contribution in [2.24, 2.45) is 11.8 Å². The maximum Gasteiger partial charge on any atom is 0.00900 e. The molecule has 1 aromatic carbocycles. The molecule has 3 aliphatic rings. The first-order chi connectivity index (χ1) is 9.93. The molecule has 0 bridgehead atoms. The van der Waals surface area contributed by atoms with Gasteiger partial charge in [-0.2, -0.15) is 0 Å². The summed E-state index contributed by atoms with van der Waals surface area (Å²) in [5.74, 6) is 1.70. The topological polar surface area (TPSA) is 0 Å². The summed E-state index contributed by atoms with van der Waals surface area (Å²) in [7, 11) is 0. The third-order valence-corrected chi connectivity index (χ3v) is 4.69. The van der Waals surface area contributed by atoms with Gasteiger partial charge < -0.3 is 0 Å². The normalized spacial score (nSPS) is 29.8. The third-order valence-electron chi connectivity index (χ3n) is 4.69. The van der Waals surface area contributed by atoms with Crippen LogP contribution in [0.5, 0.6) is 0 Å². The molecule has 0 saturated heterocycles. The summed E-state index contributed by atoms with van der Waals surface area (Å²) in [6, 6.07) is 8.84. The fraction of sp³-hybridized carbons (Fsp3) is 0.200. The van der Waals surface area contributed by atoms with Crippen LogP contribution in [-0.4, -0.2) is 0 Å². The van der Waals surface area contributed by atoms with Crippen LogP contribution in [0.4, 0.5) is 0 Å². The average molecular weight is 258 g/mol. The van der Waals surface area contributed by atoms with Gasteiger partial charge in [0.05, 0.1) is 0 Å². The zero-order valence-corrected chi connectivity index (χ0v) is 11.4. The molecular weight excluding hydrogens is 240 g/mol. The first-order valence-electron chi connectivity index (χ1n) is 7.42. The second kappa shape index (κ2) is 4.79. The van der Waals surface area contributed by atoms with Gasteiger partial charge in [0.25, 0.3) is 0 Å². The molecule has 20 heavy (non-hydrogen) atoms. The number of fused-ring (bicyclic) bond motifs is 2. The molecule has 0 saturated carbocycles. The van der Waals surface area contributed by atoms with Gasteiger partial charge in [0.2, 0.25) is 0 Å². The Labute approximate surface area is 120 Å². The number of rotatable bonds is 1. The summed E-state index contributed by atoms with van der Waals surface area (Å²) < 4.78 is 0. The van der Waals surface area contributed by atoms with Gasteiger partial charge >= 0.3 is 0 Å². The standard InChI is InChI=1S/C20H18/c1-3-11-17-15(7-1)9-5-13-19(17)20-14-6-10-16-8-2-4-12-18(16)20/h1-13,17,19-20H,14H2. The van der Waals surface area contributed by atoms with E-state index in [0.717, 1.165) is 6.42 Å². The van der Waals surface area contributed by atoms with Crippen molar-refractivity contribution in [3.63, 3.8) is 0 Å². The number of hydrogen-bond donors (Lipinski definition) is 0. The molecule has 0 amide bonds. The van der Waals surface area contributed by atoms with Crippen molar-refractivity contribution in [1.29, 1.82) is 0 Å². The molecule has 0 fully saturated rings. The molecule has 3 unspecified atom stereocenters. The van der Waals surface area contributed by atoms with E-state index in [1.165, 1.54) is 16.7 Å². The molecular formula is C20H18. The van der Waals surface area contributed by atoms with Gasteiger partial charge in [-0.1, -0.05) is 78.9 Å². The van der Waals surface area contributed by atoms with Crippen molar-refractivity contribution in [2.75, 3.05) is 0 Å². The Balaban J connectivity index is 1.74. The zero-order valence-electron chi connectivity index (χ0n) is 11.4. The Morgan fingerprint density at radius 1 is 0.900 bits per heavy atom. The quantitative estimate of drug-likeness (QED) is 0.662. The largest absolute Gasteiger partial charge is 0.0833 e. The summed E-state index contributed by atoms with van der Waals surface area (Å²) in [5, 5.41) is 0. The molecule has 1 aromatic rings. The van der Waals surface area contributed by atoms with Crippen LogP contribution in [0.1, 0.15) is 23.5 Å². The van der Waals surface area contributed by atoms with Gasteiger partial charge in [0.15, 0.2) is 0 Å². The minimum absolute atomic E-state index is 0.537. The Morgan fingerprint density at radius 3 is 2.85 bits per heavy atom. The number of benzene rings is 1. The van der Waals surface area contributed by atoms with Crippen molar-refractivity contribution < 1.29 is 0 Å². The molecule has 0 heteroatoms. The monoisotopic (exact) mass is 258 g/mol. The van der Waals surface area contributed by atoms with Gasteiger partial charge in [-0.15, -0.1) is 0 Å². The van der Waals surface area contributed by atoms with Crippen LogP contribution in [0.25, 0.3) is 6.08 Å². The van der Waals surface area contributed by atoms with Crippen molar-refractivity contribution >= 4 is 6.08 Å². The molecule has 0 aliphatic heterocycles. The fourth-order valence-electron chi connectivity index (χ4n) is 3.72. The van der Waals surface area contributed by atoms with E-state index in [-0.39, 0.29) is 0 Å². The smallest absolute Gasteiger partial charge is 0.00900 e. The van der Waals surface area contributed by atoms with E-state index in [1.807, 2.05) is 0 Å². The molecule has 0 radical (unpaired) electrons. The lowest BCUT2D eigenvalue weighted by molar-refractivity contribution is 0.432. The lowest BCUT2D eigenvalue weighted by Gasteiger charge is -2.35. The summed E-state index contributed by atoms with van der Waals surface area (Å²) in [5.41, 5.74) is 4.35. The Morgan fingerprint density at radius 2 is 1.85 bits per heavy atom. The zero-order chi connectivity index (χ0) is 13.4. The molecule has 3 aliphatic carbocycles. The predicted molar refractivity (Wildman–Crippen MR) is 85.3 cm³/mol. The maximum absolute atomic E-state index is 2.40. The van der Waals surface area contributed by atoms with Crippen LogP contribution >= 0.6 is 0 Å². The maximum atomic E-state index is 2.40. The van der Waals surface area contributed by atoms with E-state index >= 15 is 0 Å². The van der Waals surface area contributed by atoms with Crippen molar-refractivity contribution in [2.45, 2.75) is 12.3 Å². The molecule has 98 valence electrons. The molecule has 0 heterocycles. The second-order valence-electron chi connectivity index (χ2n) is 5.77. The molecule has 0 spiro atoms. The van der Waals surface area contributed by atoms with Gasteiger partial charge in [-0.3, -0.25) is 0 Å². The summed E-state index contributed by atoms with van der Waals surface area (Å²) in [6.07, 6.45) is 21.6. The van der Waals surface area contributed by atoms with Crippen LogP contribution in [0, 0.1) is 11.8 Å². The third kappa shape index (κ3) is 1.84. The molecule has 0 nitrogen and oxygen atoms in total. The number of hydrogen-bond acceptors (Lipinski definition) is 0. The minimum atomic E-state index is 0.537. The fourth-order valence-corrected chi connectivity index (χ4v) is 3.72. The average Bonchev–Trinajstić information content (AvgIpc) is 2.54.